The first kappa shape index (κ1) is 15.3. The largest absolute Gasteiger partial charge is 0.376 e. The molecule has 3 heteroatoms. The number of hydrogen-bond acceptors (Lipinski definition) is 3. The van der Waals surface area contributed by atoms with Gasteiger partial charge in [-0.2, -0.15) is 0 Å². The molecule has 0 bridgehead atoms. The molecule has 2 unspecified atom stereocenters. The molecule has 0 aromatic rings. The van der Waals surface area contributed by atoms with E-state index in [1.54, 1.807) is 0 Å². The highest BCUT2D eigenvalue weighted by molar-refractivity contribution is 4.71. The molecule has 3 nitrogen and oxygen atoms in total. The summed E-state index contributed by atoms with van der Waals surface area (Å²) in [6.45, 7) is 5.56. The molecule has 2 atom stereocenters. The van der Waals surface area contributed by atoms with Gasteiger partial charge in [-0.05, 0) is 5.92 Å². The molecule has 0 spiro atoms. The second kappa shape index (κ2) is 8.93. The fraction of sp³-hybridized carbons (Fsp3) is 1.00. The third-order valence-electron chi connectivity index (χ3n) is 4.10. The molecule has 0 radical (unpaired) electrons. The quantitative estimate of drug-likeness (QED) is 0.663. The highest BCUT2D eigenvalue weighted by atomic mass is 16.6. The summed E-state index contributed by atoms with van der Waals surface area (Å²) in [5, 5.41) is 0. The summed E-state index contributed by atoms with van der Waals surface area (Å²) in [4.78, 5) is 0. The number of unbranched alkanes of at least 4 members (excludes halogenated alkanes) is 1. The van der Waals surface area contributed by atoms with Gasteiger partial charge in [0, 0.05) is 0 Å². The van der Waals surface area contributed by atoms with Gasteiger partial charge < -0.3 is 14.2 Å². The monoisotopic (exact) mass is 270 g/mol. The molecule has 19 heavy (non-hydrogen) atoms. The van der Waals surface area contributed by atoms with Gasteiger partial charge in [-0.3, -0.25) is 0 Å². The SMILES string of the molecule is C(OCC1CO1)C1CO1.CCCCC1CCCCC1. The third-order valence-corrected chi connectivity index (χ3v) is 4.10. The van der Waals surface area contributed by atoms with Crippen LogP contribution in [0.15, 0.2) is 0 Å². The third kappa shape index (κ3) is 7.91. The van der Waals surface area contributed by atoms with E-state index in [0.717, 1.165) is 32.3 Å². The Labute approximate surface area is 118 Å². The summed E-state index contributed by atoms with van der Waals surface area (Å²) < 4.78 is 15.1. The van der Waals surface area contributed by atoms with Crippen molar-refractivity contribution in [2.45, 2.75) is 70.5 Å². The zero-order valence-corrected chi connectivity index (χ0v) is 12.4. The molecule has 2 aliphatic heterocycles. The van der Waals surface area contributed by atoms with Crippen molar-refractivity contribution in [1.29, 1.82) is 0 Å². The average molecular weight is 270 g/mol. The van der Waals surface area contributed by atoms with E-state index in [0.29, 0.717) is 12.2 Å². The van der Waals surface area contributed by atoms with Crippen molar-refractivity contribution >= 4 is 0 Å². The summed E-state index contributed by atoms with van der Waals surface area (Å²) >= 11 is 0. The van der Waals surface area contributed by atoms with E-state index in [-0.39, 0.29) is 0 Å². The van der Waals surface area contributed by atoms with E-state index in [1.807, 2.05) is 0 Å². The van der Waals surface area contributed by atoms with Gasteiger partial charge in [0.05, 0.1) is 26.4 Å². The zero-order valence-electron chi connectivity index (χ0n) is 12.4. The molecule has 3 fully saturated rings. The lowest BCUT2D eigenvalue weighted by Gasteiger charge is -2.20. The van der Waals surface area contributed by atoms with Crippen LogP contribution in [0.5, 0.6) is 0 Å². The van der Waals surface area contributed by atoms with Gasteiger partial charge in [-0.15, -0.1) is 0 Å². The summed E-state index contributed by atoms with van der Waals surface area (Å²) in [5.41, 5.74) is 0. The van der Waals surface area contributed by atoms with Gasteiger partial charge in [0.15, 0.2) is 0 Å². The van der Waals surface area contributed by atoms with Gasteiger partial charge in [0.1, 0.15) is 12.2 Å². The van der Waals surface area contributed by atoms with E-state index in [4.69, 9.17) is 14.2 Å². The van der Waals surface area contributed by atoms with Crippen molar-refractivity contribution in [1.82, 2.24) is 0 Å². The summed E-state index contributed by atoms with van der Waals surface area (Å²) in [6.07, 6.45) is 12.7. The Morgan fingerprint density at radius 2 is 1.53 bits per heavy atom. The Balaban J connectivity index is 0.000000141. The van der Waals surface area contributed by atoms with Crippen molar-refractivity contribution in [3.63, 3.8) is 0 Å². The second-order valence-corrected chi connectivity index (χ2v) is 6.09. The van der Waals surface area contributed by atoms with Crippen LogP contribution in [0.1, 0.15) is 58.3 Å². The molecule has 112 valence electrons. The van der Waals surface area contributed by atoms with Crippen LogP contribution >= 0.6 is 0 Å². The first-order valence-electron chi connectivity index (χ1n) is 8.19. The maximum Gasteiger partial charge on any atom is 0.104 e. The number of rotatable bonds is 7. The van der Waals surface area contributed by atoms with E-state index < -0.39 is 0 Å². The molecule has 3 rings (SSSR count). The van der Waals surface area contributed by atoms with Crippen molar-refractivity contribution in [3.8, 4) is 0 Å². The van der Waals surface area contributed by atoms with Crippen LogP contribution in [0.4, 0.5) is 0 Å². The molecule has 2 heterocycles. The van der Waals surface area contributed by atoms with Crippen molar-refractivity contribution in [2.24, 2.45) is 5.92 Å². The Hall–Kier alpha value is -0.120. The van der Waals surface area contributed by atoms with Crippen LogP contribution < -0.4 is 0 Å². The standard InChI is InChI=1S/C10H20.C6H10O3/c1-2-3-7-10-8-5-4-6-9-10;1(5-3-8-5)7-2-6-4-9-6/h10H,2-9H2,1H3;5-6H,1-4H2. The molecule has 0 amide bonds. The van der Waals surface area contributed by atoms with Crippen molar-refractivity contribution in [3.05, 3.63) is 0 Å². The number of hydrogen-bond donors (Lipinski definition) is 0. The molecule has 0 N–H and O–H groups in total. The molecular formula is C16H30O3. The lowest BCUT2D eigenvalue weighted by molar-refractivity contribution is 0.102. The lowest BCUT2D eigenvalue weighted by atomic mass is 9.86. The molecule has 0 aromatic carbocycles. The minimum Gasteiger partial charge on any atom is -0.376 e. The van der Waals surface area contributed by atoms with Gasteiger partial charge in [-0.1, -0.05) is 58.3 Å². The number of epoxide rings is 2. The Bertz CT molecular complexity index is 206. The first-order valence-corrected chi connectivity index (χ1v) is 8.19. The van der Waals surface area contributed by atoms with Crippen molar-refractivity contribution in [2.75, 3.05) is 26.4 Å². The molecule has 1 saturated carbocycles. The fourth-order valence-electron chi connectivity index (χ4n) is 2.63. The molecule has 2 saturated heterocycles. The van der Waals surface area contributed by atoms with E-state index in [2.05, 4.69) is 6.92 Å². The van der Waals surface area contributed by atoms with Crippen LogP contribution in [0.2, 0.25) is 0 Å². The molecular weight excluding hydrogens is 240 g/mol. The highest BCUT2D eigenvalue weighted by Gasteiger charge is 2.26. The maximum absolute atomic E-state index is 5.23. The second-order valence-electron chi connectivity index (χ2n) is 6.09. The van der Waals surface area contributed by atoms with E-state index in [9.17, 15) is 0 Å². The topological polar surface area (TPSA) is 34.3 Å². The van der Waals surface area contributed by atoms with E-state index >= 15 is 0 Å². The summed E-state index contributed by atoms with van der Waals surface area (Å²) in [6, 6.07) is 0. The minimum atomic E-state index is 0.392. The summed E-state index contributed by atoms with van der Waals surface area (Å²) in [7, 11) is 0. The smallest absolute Gasteiger partial charge is 0.104 e. The highest BCUT2D eigenvalue weighted by Crippen LogP contribution is 2.27. The Morgan fingerprint density at radius 1 is 0.947 bits per heavy atom. The Kier molecular flexibility index (Phi) is 7.18. The Morgan fingerprint density at radius 3 is 2.00 bits per heavy atom. The van der Waals surface area contributed by atoms with Crippen LogP contribution in [-0.2, 0) is 14.2 Å². The number of ether oxygens (including phenoxy) is 3. The van der Waals surface area contributed by atoms with Crippen LogP contribution in [0.3, 0.4) is 0 Å². The van der Waals surface area contributed by atoms with Gasteiger partial charge in [-0.25, -0.2) is 0 Å². The molecule has 3 aliphatic rings. The average Bonchev–Trinajstić information content (AvgIpc) is 3.33. The van der Waals surface area contributed by atoms with E-state index in [1.165, 1.54) is 51.4 Å². The fourth-order valence-corrected chi connectivity index (χ4v) is 2.63. The maximum atomic E-state index is 5.23. The predicted molar refractivity (Wildman–Crippen MR) is 76.4 cm³/mol. The van der Waals surface area contributed by atoms with Crippen LogP contribution in [0.25, 0.3) is 0 Å². The van der Waals surface area contributed by atoms with Gasteiger partial charge in [0.25, 0.3) is 0 Å². The van der Waals surface area contributed by atoms with Gasteiger partial charge in [0.2, 0.25) is 0 Å². The minimum absolute atomic E-state index is 0.392. The summed E-state index contributed by atoms with van der Waals surface area (Å²) in [5.74, 6) is 1.11. The van der Waals surface area contributed by atoms with Gasteiger partial charge >= 0.3 is 0 Å². The zero-order chi connectivity index (χ0) is 13.3. The van der Waals surface area contributed by atoms with Crippen LogP contribution in [0, 0.1) is 5.92 Å². The lowest BCUT2D eigenvalue weighted by Crippen LogP contribution is -2.06. The normalized spacial score (nSPS) is 29.5. The first-order chi connectivity index (χ1) is 9.38. The van der Waals surface area contributed by atoms with Crippen LogP contribution in [-0.4, -0.2) is 38.6 Å². The van der Waals surface area contributed by atoms with Crippen molar-refractivity contribution < 1.29 is 14.2 Å². The molecule has 0 aromatic heterocycles. The predicted octanol–water partition coefficient (Wildman–Crippen LogP) is 3.56. The molecule has 1 aliphatic carbocycles.